The molecule has 0 spiro atoms. The van der Waals surface area contributed by atoms with Gasteiger partial charge in [0.1, 0.15) is 0 Å². The Morgan fingerprint density at radius 2 is 1.77 bits per heavy atom. The van der Waals surface area contributed by atoms with E-state index in [0.29, 0.717) is 23.7 Å². The lowest BCUT2D eigenvalue weighted by Crippen LogP contribution is -2.45. The van der Waals surface area contributed by atoms with Crippen molar-refractivity contribution < 1.29 is 10.0 Å². The van der Waals surface area contributed by atoms with Gasteiger partial charge in [-0.25, -0.2) is 0 Å². The zero-order chi connectivity index (χ0) is 21.8. The van der Waals surface area contributed by atoms with Crippen LogP contribution in [-0.4, -0.2) is 48.3 Å². The van der Waals surface area contributed by atoms with E-state index in [2.05, 4.69) is 34.1 Å². The van der Waals surface area contributed by atoms with Crippen LogP contribution in [0.3, 0.4) is 0 Å². The van der Waals surface area contributed by atoms with E-state index in [0.717, 1.165) is 35.5 Å². The SMILES string of the molecule is CC1CN(Cc2nnc(SC(=O)c3ccccc3)n2-c2ccccc2)C(C)C/C1=N/O. The number of para-hydroxylation sites is 1. The Balaban J connectivity index is 1.63. The lowest BCUT2D eigenvalue weighted by Gasteiger charge is -2.36. The fraction of sp³-hybridized carbons (Fsp3) is 0.304. The molecule has 1 aromatic heterocycles. The predicted octanol–water partition coefficient (Wildman–Crippen LogP) is 4.26. The van der Waals surface area contributed by atoms with Gasteiger partial charge >= 0.3 is 0 Å². The fourth-order valence-corrected chi connectivity index (χ4v) is 4.64. The Bertz CT molecular complexity index is 1070. The number of thioether (sulfide) groups is 1. The first-order valence-corrected chi connectivity index (χ1v) is 11.1. The molecule has 31 heavy (non-hydrogen) atoms. The van der Waals surface area contributed by atoms with Crippen LogP contribution in [0.4, 0.5) is 0 Å². The molecule has 0 bridgehead atoms. The highest BCUT2D eigenvalue weighted by molar-refractivity contribution is 8.14. The Labute approximate surface area is 185 Å². The molecule has 1 aliphatic heterocycles. The Hall–Kier alpha value is -2.97. The van der Waals surface area contributed by atoms with Crippen molar-refractivity contribution in [3.63, 3.8) is 0 Å². The number of hydrogen-bond acceptors (Lipinski definition) is 7. The maximum Gasteiger partial charge on any atom is 0.227 e. The first-order chi connectivity index (χ1) is 15.1. The van der Waals surface area contributed by atoms with Crippen molar-refractivity contribution in [1.82, 2.24) is 19.7 Å². The molecule has 2 atom stereocenters. The largest absolute Gasteiger partial charge is 0.411 e. The molecule has 3 aromatic rings. The topological polar surface area (TPSA) is 83.6 Å². The van der Waals surface area contributed by atoms with Crippen molar-refractivity contribution in [2.24, 2.45) is 11.1 Å². The fourth-order valence-electron chi connectivity index (χ4n) is 3.83. The summed E-state index contributed by atoms with van der Waals surface area (Å²) in [7, 11) is 0. The third kappa shape index (κ3) is 4.70. The minimum absolute atomic E-state index is 0.0690. The summed E-state index contributed by atoms with van der Waals surface area (Å²) in [4.78, 5) is 15.1. The van der Waals surface area contributed by atoms with Crippen molar-refractivity contribution in [2.45, 2.75) is 38.0 Å². The molecule has 1 aliphatic rings. The summed E-state index contributed by atoms with van der Waals surface area (Å²) < 4.78 is 1.96. The van der Waals surface area contributed by atoms with Crippen LogP contribution in [0.25, 0.3) is 5.69 Å². The molecule has 1 saturated heterocycles. The number of carbonyl (C=O) groups excluding carboxylic acids is 1. The zero-order valence-corrected chi connectivity index (χ0v) is 18.4. The molecule has 0 saturated carbocycles. The number of hydrogen-bond donors (Lipinski definition) is 1. The van der Waals surface area contributed by atoms with Crippen LogP contribution < -0.4 is 0 Å². The summed E-state index contributed by atoms with van der Waals surface area (Å²) in [5.41, 5.74) is 2.38. The number of oxime groups is 1. The number of rotatable bonds is 5. The summed E-state index contributed by atoms with van der Waals surface area (Å²) in [5.74, 6) is 0.945. The summed E-state index contributed by atoms with van der Waals surface area (Å²) in [6.07, 6.45) is 0.714. The van der Waals surface area contributed by atoms with Crippen LogP contribution in [0.15, 0.2) is 71.0 Å². The van der Waals surface area contributed by atoms with Gasteiger partial charge in [-0.05, 0) is 30.8 Å². The Morgan fingerprint density at radius 1 is 1.10 bits per heavy atom. The third-order valence-electron chi connectivity index (χ3n) is 5.59. The lowest BCUT2D eigenvalue weighted by atomic mass is 9.93. The molecule has 2 unspecified atom stereocenters. The van der Waals surface area contributed by atoms with Crippen molar-refractivity contribution in [1.29, 1.82) is 0 Å². The van der Waals surface area contributed by atoms with Crippen LogP contribution in [0.5, 0.6) is 0 Å². The minimum Gasteiger partial charge on any atom is -0.411 e. The van der Waals surface area contributed by atoms with Gasteiger partial charge in [0.25, 0.3) is 0 Å². The molecule has 8 heteroatoms. The molecular formula is C23H25N5O2S. The van der Waals surface area contributed by atoms with Gasteiger partial charge in [-0.2, -0.15) is 0 Å². The van der Waals surface area contributed by atoms with E-state index in [-0.39, 0.29) is 17.1 Å². The lowest BCUT2D eigenvalue weighted by molar-refractivity contribution is 0.108. The highest BCUT2D eigenvalue weighted by Gasteiger charge is 2.30. The third-order valence-corrected chi connectivity index (χ3v) is 6.45. The van der Waals surface area contributed by atoms with Gasteiger partial charge in [0.05, 0.1) is 12.3 Å². The molecule has 1 N–H and O–H groups in total. The van der Waals surface area contributed by atoms with Gasteiger partial charge in [-0.15, -0.1) is 10.2 Å². The molecule has 7 nitrogen and oxygen atoms in total. The van der Waals surface area contributed by atoms with E-state index >= 15 is 0 Å². The minimum atomic E-state index is -0.0690. The Kier molecular flexibility index (Phi) is 6.48. The number of likely N-dealkylation sites (tertiary alicyclic amines) is 1. The van der Waals surface area contributed by atoms with Crippen LogP contribution >= 0.6 is 11.8 Å². The van der Waals surface area contributed by atoms with Crippen LogP contribution in [0, 0.1) is 5.92 Å². The molecule has 2 aromatic carbocycles. The normalized spacial score (nSPS) is 20.8. The second-order valence-electron chi connectivity index (χ2n) is 7.80. The monoisotopic (exact) mass is 435 g/mol. The second kappa shape index (κ2) is 9.45. The van der Waals surface area contributed by atoms with Crippen LogP contribution in [0.1, 0.15) is 36.5 Å². The predicted molar refractivity (Wildman–Crippen MR) is 121 cm³/mol. The molecular weight excluding hydrogens is 410 g/mol. The molecule has 4 rings (SSSR count). The van der Waals surface area contributed by atoms with Crippen molar-refractivity contribution in [3.8, 4) is 5.69 Å². The number of benzene rings is 2. The van der Waals surface area contributed by atoms with Crippen LogP contribution in [-0.2, 0) is 6.54 Å². The molecule has 0 amide bonds. The smallest absolute Gasteiger partial charge is 0.227 e. The summed E-state index contributed by atoms with van der Waals surface area (Å²) >= 11 is 1.09. The van der Waals surface area contributed by atoms with Gasteiger partial charge in [-0.3, -0.25) is 14.3 Å². The van der Waals surface area contributed by atoms with Crippen LogP contribution in [0.2, 0.25) is 0 Å². The van der Waals surface area contributed by atoms with Crippen molar-refractivity contribution in [3.05, 3.63) is 72.1 Å². The standard InChI is InChI=1S/C23H25N5O2S/c1-16-14-27(17(2)13-20(16)26-30)15-21-24-25-23(28(21)19-11-7-4-8-12-19)31-22(29)18-9-5-3-6-10-18/h3-12,16-17,30H,13-15H2,1-2H3/b26-20-. The number of nitrogens with zero attached hydrogens (tertiary/aromatic N) is 5. The van der Waals surface area contributed by atoms with Crippen molar-refractivity contribution in [2.75, 3.05) is 6.54 Å². The average molecular weight is 436 g/mol. The van der Waals surface area contributed by atoms with E-state index in [1.54, 1.807) is 12.1 Å². The van der Waals surface area contributed by atoms with Gasteiger partial charge in [0, 0.05) is 36.2 Å². The zero-order valence-electron chi connectivity index (χ0n) is 17.5. The summed E-state index contributed by atoms with van der Waals surface area (Å²) in [6.45, 7) is 5.55. The van der Waals surface area contributed by atoms with E-state index in [4.69, 9.17) is 0 Å². The Morgan fingerprint density at radius 3 is 2.45 bits per heavy atom. The van der Waals surface area contributed by atoms with E-state index in [9.17, 15) is 10.0 Å². The molecule has 0 radical (unpaired) electrons. The maximum absolute atomic E-state index is 12.8. The number of aromatic nitrogens is 3. The average Bonchev–Trinajstić information content (AvgIpc) is 3.19. The van der Waals surface area contributed by atoms with E-state index < -0.39 is 0 Å². The highest BCUT2D eigenvalue weighted by Crippen LogP contribution is 2.27. The summed E-state index contributed by atoms with van der Waals surface area (Å²) in [5, 5.41) is 22.0. The highest BCUT2D eigenvalue weighted by atomic mass is 32.2. The second-order valence-corrected chi connectivity index (χ2v) is 8.74. The van der Waals surface area contributed by atoms with Gasteiger partial charge in [0.2, 0.25) is 10.3 Å². The molecule has 0 aliphatic carbocycles. The quantitative estimate of drug-likeness (QED) is 0.366. The molecule has 160 valence electrons. The van der Waals surface area contributed by atoms with Gasteiger partial charge in [0.15, 0.2) is 5.82 Å². The first kappa shape index (κ1) is 21.3. The van der Waals surface area contributed by atoms with E-state index in [1.165, 1.54) is 0 Å². The maximum atomic E-state index is 12.8. The molecule has 2 heterocycles. The number of carbonyl (C=O) groups is 1. The molecule has 1 fully saturated rings. The first-order valence-electron chi connectivity index (χ1n) is 10.3. The summed E-state index contributed by atoms with van der Waals surface area (Å²) in [6, 6.07) is 19.3. The van der Waals surface area contributed by atoms with Gasteiger partial charge < -0.3 is 5.21 Å². The van der Waals surface area contributed by atoms with Gasteiger partial charge in [-0.1, -0.05) is 60.6 Å². The van der Waals surface area contributed by atoms with Crippen molar-refractivity contribution >= 4 is 22.6 Å². The van der Waals surface area contributed by atoms with E-state index in [1.807, 2.05) is 53.1 Å². The number of piperidine rings is 1.